The summed E-state index contributed by atoms with van der Waals surface area (Å²) in [4.78, 5) is 14.1. The lowest BCUT2D eigenvalue weighted by Gasteiger charge is -2.14. The highest BCUT2D eigenvalue weighted by Crippen LogP contribution is 2.22. The molecule has 0 atom stereocenters. The third-order valence-electron chi connectivity index (χ3n) is 3.20. The Bertz CT molecular complexity index is 868. The minimum absolute atomic E-state index is 0.0242. The molecular formula is C17H19FN2O4S. The van der Waals surface area contributed by atoms with Gasteiger partial charge in [-0.3, -0.25) is 10.2 Å². The summed E-state index contributed by atoms with van der Waals surface area (Å²) in [5.74, 6) is -1.34. The van der Waals surface area contributed by atoms with E-state index in [2.05, 4.69) is 0 Å². The maximum absolute atomic E-state index is 14.2. The lowest BCUT2D eigenvalue weighted by Crippen LogP contribution is -2.41. The molecule has 0 aliphatic heterocycles. The number of carbonyl (C=O) groups is 1. The molecule has 0 aliphatic carbocycles. The molecule has 0 fully saturated rings. The first-order valence-corrected chi connectivity index (χ1v) is 9.03. The Morgan fingerprint density at radius 3 is 2.40 bits per heavy atom. The SMILES string of the molecule is Cc1cc(OC(C)C)cc(C(=O)NNS(=O)(=O)c2ccccc2)c1F. The number of halogens is 1. The van der Waals surface area contributed by atoms with E-state index in [1.165, 1.54) is 31.2 Å². The monoisotopic (exact) mass is 366 g/mol. The highest BCUT2D eigenvalue weighted by molar-refractivity contribution is 7.89. The highest BCUT2D eigenvalue weighted by atomic mass is 32.2. The van der Waals surface area contributed by atoms with Crippen molar-refractivity contribution in [2.75, 3.05) is 0 Å². The molecule has 0 saturated carbocycles. The first kappa shape index (κ1) is 18.9. The normalized spacial score (nSPS) is 11.4. The number of nitrogens with one attached hydrogen (secondary N) is 2. The fourth-order valence-electron chi connectivity index (χ4n) is 2.08. The van der Waals surface area contributed by atoms with Gasteiger partial charge in [0, 0.05) is 0 Å². The fourth-order valence-corrected chi connectivity index (χ4v) is 2.94. The van der Waals surface area contributed by atoms with E-state index in [0.29, 0.717) is 5.75 Å². The Labute approximate surface area is 146 Å². The van der Waals surface area contributed by atoms with Crippen molar-refractivity contribution in [3.63, 3.8) is 0 Å². The van der Waals surface area contributed by atoms with Crippen LogP contribution in [0.2, 0.25) is 0 Å². The van der Waals surface area contributed by atoms with E-state index < -0.39 is 21.7 Å². The lowest BCUT2D eigenvalue weighted by molar-refractivity contribution is 0.0940. The quantitative estimate of drug-likeness (QED) is 0.770. The molecule has 0 saturated heterocycles. The molecule has 0 radical (unpaired) electrons. The number of carbonyl (C=O) groups excluding carboxylic acids is 1. The Morgan fingerprint density at radius 1 is 1.16 bits per heavy atom. The van der Waals surface area contributed by atoms with Gasteiger partial charge in [0.15, 0.2) is 0 Å². The molecule has 2 aromatic carbocycles. The van der Waals surface area contributed by atoms with Crippen LogP contribution in [0.4, 0.5) is 4.39 Å². The Morgan fingerprint density at radius 2 is 1.80 bits per heavy atom. The standard InChI is InChI=1S/C17H19FN2O4S/c1-11(2)24-13-9-12(3)16(18)15(10-13)17(21)19-20-25(22,23)14-7-5-4-6-8-14/h4-11,20H,1-3H3,(H,19,21). The molecule has 8 heteroatoms. The third kappa shape index (κ3) is 4.77. The van der Waals surface area contributed by atoms with Gasteiger partial charge in [-0.2, -0.15) is 0 Å². The summed E-state index contributed by atoms with van der Waals surface area (Å²) in [6.45, 7) is 5.09. The molecule has 0 heterocycles. The molecule has 1 amide bonds. The summed E-state index contributed by atoms with van der Waals surface area (Å²) >= 11 is 0. The van der Waals surface area contributed by atoms with Gasteiger partial charge >= 0.3 is 0 Å². The van der Waals surface area contributed by atoms with Crippen molar-refractivity contribution in [2.45, 2.75) is 31.8 Å². The number of aryl methyl sites for hydroxylation is 1. The Balaban J connectivity index is 2.19. The summed E-state index contributed by atoms with van der Waals surface area (Å²) in [7, 11) is -3.95. The van der Waals surface area contributed by atoms with Crippen LogP contribution < -0.4 is 15.0 Å². The first-order valence-electron chi connectivity index (χ1n) is 7.54. The largest absolute Gasteiger partial charge is 0.491 e. The molecular weight excluding hydrogens is 347 g/mol. The van der Waals surface area contributed by atoms with E-state index in [9.17, 15) is 17.6 Å². The van der Waals surface area contributed by atoms with Gasteiger partial charge in [0.25, 0.3) is 15.9 Å². The van der Waals surface area contributed by atoms with Crippen LogP contribution in [0.15, 0.2) is 47.4 Å². The summed E-state index contributed by atoms with van der Waals surface area (Å²) < 4.78 is 43.9. The highest BCUT2D eigenvalue weighted by Gasteiger charge is 2.19. The van der Waals surface area contributed by atoms with E-state index in [0.717, 1.165) is 0 Å². The summed E-state index contributed by atoms with van der Waals surface area (Å²) in [6.07, 6.45) is -0.155. The molecule has 2 N–H and O–H groups in total. The summed E-state index contributed by atoms with van der Waals surface area (Å²) in [5.41, 5.74) is 1.92. The number of rotatable bonds is 6. The molecule has 2 aromatic rings. The minimum atomic E-state index is -3.95. The van der Waals surface area contributed by atoms with Crippen LogP contribution in [0.25, 0.3) is 0 Å². The molecule has 134 valence electrons. The fraction of sp³-hybridized carbons (Fsp3) is 0.235. The smallest absolute Gasteiger partial charge is 0.269 e. The zero-order valence-electron chi connectivity index (χ0n) is 14.0. The first-order chi connectivity index (χ1) is 11.7. The topological polar surface area (TPSA) is 84.5 Å². The number of hydrogen-bond donors (Lipinski definition) is 2. The maximum atomic E-state index is 14.2. The number of ether oxygens (including phenoxy) is 1. The van der Waals surface area contributed by atoms with Crippen LogP contribution in [0, 0.1) is 12.7 Å². The van der Waals surface area contributed by atoms with E-state index >= 15 is 0 Å². The number of hydrazine groups is 1. The van der Waals surface area contributed by atoms with Gasteiger partial charge in [-0.25, -0.2) is 12.8 Å². The number of amides is 1. The zero-order valence-corrected chi connectivity index (χ0v) is 14.9. The Kier molecular flexibility index (Phi) is 5.76. The third-order valence-corrected chi connectivity index (χ3v) is 4.46. The van der Waals surface area contributed by atoms with Crippen molar-refractivity contribution in [3.05, 3.63) is 59.4 Å². The van der Waals surface area contributed by atoms with Crippen molar-refractivity contribution in [3.8, 4) is 5.75 Å². The van der Waals surface area contributed by atoms with Crippen molar-refractivity contribution in [1.29, 1.82) is 0 Å². The Hall–Kier alpha value is -2.45. The van der Waals surface area contributed by atoms with Gasteiger partial charge in [0.2, 0.25) is 0 Å². The molecule has 0 aliphatic rings. The van der Waals surface area contributed by atoms with Gasteiger partial charge in [0.05, 0.1) is 16.6 Å². The number of hydrogen-bond acceptors (Lipinski definition) is 4. The van der Waals surface area contributed by atoms with E-state index in [-0.39, 0.29) is 22.1 Å². The molecule has 0 unspecified atom stereocenters. The average molecular weight is 366 g/mol. The minimum Gasteiger partial charge on any atom is -0.491 e. The average Bonchev–Trinajstić information content (AvgIpc) is 2.56. The maximum Gasteiger partial charge on any atom is 0.269 e. The van der Waals surface area contributed by atoms with Gasteiger partial charge in [-0.1, -0.05) is 18.2 Å². The predicted molar refractivity (Wildman–Crippen MR) is 91.1 cm³/mol. The molecule has 0 bridgehead atoms. The van der Waals surface area contributed by atoms with Crippen LogP contribution in [-0.2, 0) is 10.0 Å². The second-order valence-electron chi connectivity index (χ2n) is 5.64. The van der Waals surface area contributed by atoms with Crippen molar-refractivity contribution in [1.82, 2.24) is 10.3 Å². The van der Waals surface area contributed by atoms with E-state index in [4.69, 9.17) is 4.74 Å². The lowest BCUT2D eigenvalue weighted by atomic mass is 10.1. The van der Waals surface area contributed by atoms with Gasteiger partial charge in [-0.05, 0) is 50.6 Å². The molecule has 0 aromatic heterocycles. The van der Waals surface area contributed by atoms with E-state index in [1.807, 2.05) is 10.3 Å². The predicted octanol–water partition coefficient (Wildman–Crippen LogP) is 2.54. The van der Waals surface area contributed by atoms with Crippen LogP contribution in [0.3, 0.4) is 0 Å². The second kappa shape index (κ2) is 7.62. The van der Waals surface area contributed by atoms with Crippen LogP contribution in [0.5, 0.6) is 5.75 Å². The van der Waals surface area contributed by atoms with Gasteiger partial charge in [0.1, 0.15) is 11.6 Å². The zero-order chi connectivity index (χ0) is 18.6. The van der Waals surface area contributed by atoms with Crippen molar-refractivity contribution in [2.24, 2.45) is 0 Å². The summed E-state index contributed by atoms with van der Waals surface area (Å²) in [5, 5.41) is 0. The number of sulfonamides is 1. The second-order valence-corrected chi connectivity index (χ2v) is 7.32. The van der Waals surface area contributed by atoms with Crippen LogP contribution >= 0.6 is 0 Å². The molecule has 0 spiro atoms. The van der Waals surface area contributed by atoms with Crippen LogP contribution in [0.1, 0.15) is 29.8 Å². The van der Waals surface area contributed by atoms with E-state index in [1.54, 1.807) is 32.0 Å². The molecule has 6 nitrogen and oxygen atoms in total. The van der Waals surface area contributed by atoms with Crippen molar-refractivity contribution < 1.29 is 22.3 Å². The van der Waals surface area contributed by atoms with Gasteiger partial charge in [-0.15, -0.1) is 4.83 Å². The van der Waals surface area contributed by atoms with Crippen molar-refractivity contribution >= 4 is 15.9 Å². The van der Waals surface area contributed by atoms with Crippen LogP contribution in [-0.4, -0.2) is 20.4 Å². The summed E-state index contributed by atoms with van der Waals surface area (Å²) in [6, 6.07) is 10.2. The number of benzene rings is 2. The molecule has 25 heavy (non-hydrogen) atoms. The van der Waals surface area contributed by atoms with Gasteiger partial charge < -0.3 is 4.74 Å². The molecule has 2 rings (SSSR count).